The van der Waals surface area contributed by atoms with Gasteiger partial charge in [0.1, 0.15) is 12.4 Å². The fourth-order valence-corrected chi connectivity index (χ4v) is 5.70. The number of carbonyl (C=O) groups excluding carboxylic acids is 1. The van der Waals surface area contributed by atoms with Gasteiger partial charge in [-0.15, -0.1) is 0 Å². The molecule has 0 aliphatic carbocycles. The Morgan fingerprint density at radius 1 is 1.03 bits per heavy atom. The summed E-state index contributed by atoms with van der Waals surface area (Å²) < 4.78 is 57.9. The van der Waals surface area contributed by atoms with Gasteiger partial charge in [0.25, 0.3) is 10.0 Å². The number of carbonyl (C=O) groups is 1. The van der Waals surface area contributed by atoms with Crippen molar-refractivity contribution in [2.45, 2.75) is 11.4 Å². The smallest absolute Gasteiger partial charge is 0.264 e. The third kappa shape index (κ3) is 6.73. The van der Waals surface area contributed by atoms with Crippen LogP contribution in [0.3, 0.4) is 0 Å². The molecule has 1 saturated heterocycles. The first-order valence-corrected chi connectivity index (χ1v) is 13.9. The summed E-state index contributed by atoms with van der Waals surface area (Å²) in [6, 6.07) is 15.3. The molecule has 3 aromatic rings. The van der Waals surface area contributed by atoms with Crippen molar-refractivity contribution in [1.29, 1.82) is 0 Å². The predicted octanol–water partition coefficient (Wildman–Crippen LogP) is 3.84. The average Bonchev–Trinajstić information content (AvgIpc) is 2.96. The van der Waals surface area contributed by atoms with Crippen molar-refractivity contribution in [3.8, 4) is 11.5 Å². The summed E-state index contributed by atoms with van der Waals surface area (Å²) in [7, 11) is -1.49. The van der Waals surface area contributed by atoms with Gasteiger partial charge in [-0.05, 0) is 48.0 Å². The van der Waals surface area contributed by atoms with Gasteiger partial charge in [0.05, 0.1) is 43.0 Å². The van der Waals surface area contributed by atoms with Gasteiger partial charge in [-0.25, -0.2) is 12.8 Å². The van der Waals surface area contributed by atoms with E-state index < -0.39 is 28.3 Å². The number of nitrogens with one attached hydrogen (secondary N) is 1. The predicted molar refractivity (Wildman–Crippen MR) is 147 cm³/mol. The summed E-state index contributed by atoms with van der Waals surface area (Å²) in [5, 5.41) is 2.48. The minimum Gasteiger partial charge on any atom is -0.493 e. The Balaban J connectivity index is 1.53. The van der Waals surface area contributed by atoms with Gasteiger partial charge >= 0.3 is 0 Å². The van der Waals surface area contributed by atoms with Gasteiger partial charge in [-0.2, -0.15) is 0 Å². The molecule has 4 rings (SSSR count). The molecule has 1 aliphatic heterocycles. The van der Waals surface area contributed by atoms with E-state index in [4.69, 9.17) is 25.8 Å². The number of rotatable bonds is 10. The standard InChI is InChI=1S/C27H29ClFN3O6S/c1-36-25-10-8-22(16-26(25)37-2)39(34,35)32(21-7-9-24(29)23(28)15-21)18-27(33)30-17-19-3-5-20(6-4-19)31-11-13-38-14-12-31/h3-10,15-16H,11-14,17-18H2,1-2H3,(H,30,33). The second-order valence-corrected chi connectivity index (χ2v) is 10.9. The van der Waals surface area contributed by atoms with Crippen LogP contribution >= 0.6 is 11.6 Å². The minimum atomic E-state index is -4.30. The monoisotopic (exact) mass is 577 g/mol. The number of halogens is 2. The number of hydrogen-bond donors (Lipinski definition) is 1. The topological polar surface area (TPSA) is 97.4 Å². The first-order valence-electron chi connectivity index (χ1n) is 12.1. The second-order valence-electron chi connectivity index (χ2n) is 8.67. The fourth-order valence-electron chi connectivity index (χ4n) is 4.09. The van der Waals surface area contributed by atoms with Crippen LogP contribution in [-0.2, 0) is 26.1 Å². The van der Waals surface area contributed by atoms with Crippen LogP contribution in [0.4, 0.5) is 15.8 Å². The van der Waals surface area contributed by atoms with E-state index >= 15 is 0 Å². The first-order chi connectivity index (χ1) is 18.7. The summed E-state index contributed by atoms with van der Waals surface area (Å²) in [6.45, 7) is 2.61. The number of anilines is 2. The molecule has 1 aliphatic rings. The summed E-state index contributed by atoms with van der Waals surface area (Å²) in [6.07, 6.45) is 0. The molecular formula is C27H29ClFN3O6S. The molecule has 1 heterocycles. The van der Waals surface area contributed by atoms with E-state index in [0.29, 0.717) is 19.0 Å². The summed E-state index contributed by atoms with van der Waals surface area (Å²) in [4.78, 5) is 15.0. The maximum Gasteiger partial charge on any atom is 0.264 e. The first kappa shape index (κ1) is 28.5. The lowest BCUT2D eigenvalue weighted by Crippen LogP contribution is -2.40. The van der Waals surface area contributed by atoms with E-state index in [1.165, 1.54) is 38.5 Å². The quantitative estimate of drug-likeness (QED) is 0.391. The van der Waals surface area contributed by atoms with Gasteiger partial charge in [0, 0.05) is 31.4 Å². The molecule has 9 nitrogen and oxygen atoms in total. The maximum absolute atomic E-state index is 13.9. The molecule has 1 N–H and O–H groups in total. The van der Waals surface area contributed by atoms with Crippen molar-refractivity contribution < 1.29 is 31.8 Å². The molecule has 39 heavy (non-hydrogen) atoms. The largest absolute Gasteiger partial charge is 0.493 e. The average molecular weight is 578 g/mol. The zero-order chi connectivity index (χ0) is 28.0. The molecular weight excluding hydrogens is 549 g/mol. The molecule has 0 aromatic heterocycles. The summed E-state index contributed by atoms with van der Waals surface area (Å²) in [5.74, 6) is -0.739. The molecule has 0 spiro atoms. The van der Waals surface area contributed by atoms with Gasteiger partial charge in [-0.3, -0.25) is 9.10 Å². The highest BCUT2D eigenvalue weighted by atomic mass is 35.5. The van der Waals surface area contributed by atoms with Gasteiger partial charge in [0.15, 0.2) is 11.5 Å². The van der Waals surface area contributed by atoms with Crippen molar-refractivity contribution >= 4 is 38.9 Å². The highest BCUT2D eigenvalue weighted by Gasteiger charge is 2.29. The number of amides is 1. The van der Waals surface area contributed by atoms with Crippen molar-refractivity contribution in [1.82, 2.24) is 5.32 Å². The molecule has 1 fully saturated rings. The van der Waals surface area contributed by atoms with E-state index in [2.05, 4.69) is 10.2 Å². The molecule has 0 radical (unpaired) electrons. The normalized spacial score (nSPS) is 13.6. The number of methoxy groups -OCH3 is 2. The van der Waals surface area contributed by atoms with Crippen LogP contribution in [0.1, 0.15) is 5.56 Å². The van der Waals surface area contributed by atoms with Crippen LogP contribution in [0.25, 0.3) is 0 Å². The Labute approximate surface area is 232 Å². The lowest BCUT2D eigenvalue weighted by Gasteiger charge is -2.29. The number of morpholine rings is 1. The number of benzene rings is 3. The Morgan fingerprint density at radius 2 is 1.72 bits per heavy atom. The SMILES string of the molecule is COc1ccc(S(=O)(=O)N(CC(=O)NCc2ccc(N3CCOCC3)cc2)c2ccc(F)c(Cl)c2)cc1OC. The van der Waals surface area contributed by atoms with Crippen LogP contribution < -0.4 is 24.0 Å². The van der Waals surface area contributed by atoms with Gasteiger partial charge in [-0.1, -0.05) is 23.7 Å². The summed E-state index contributed by atoms with van der Waals surface area (Å²) >= 11 is 5.94. The number of nitrogens with zero attached hydrogens (tertiary/aromatic N) is 2. The second kappa shape index (κ2) is 12.5. The van der Waals surface area contributed by atoms with E-state index in [-0.39, 0.29) is 27.9 Å². The number of hydrogen-bond acceptors (Lipinski definition) is 7. The van der Waals surface area contributed by atoms with Gasteiger partial charge < -0.3 is 24.4 Å². The Morgan fingerprint density at radius 3 is 2.36 bits per heavy atom. The number of sulfonamides is 1. The maximum atomic E-state index is 13.9. The van der Waals surface area contributed by atoms with E-state index in [9.17, 15) is 17.6 Å². The zero-order valence-corrected chi connectivity index (χ0v) is 23.1. The van der Waals surface area contributed by atoms with E-state index in [1.54, 1.807) is 0 Å². The molecule has 0 unspecified atom stereocenters. The molecule has 0 atom stereocenters. The Kier molecular flexibility index (Phi) is 9.16. The van der Waals surface area contributed by atoms with Crippen LogP contribution in [-0.4, -0.2) is 61.4 Å². The molecule has 1 amide bonds. The fraction of sp³-hybridized carbons (Fsp3) is 0.296. The van der Waals surface area contributed by atoms with E-state index in [1.807, 2.05) is 24.3 Å². The summed E-state index contributed by atoms with van der Waals surface area (Å²) in [5.41, 5.74) is 1.94. The molecule has 3 aromatic carbocycles. The van der Waals surface area contributed by atoms with Crippen LogP contribution in [0.2, 0.25) is 5.02 Å². The van der Waals surface area contributed by atoms with E-state index in [0.717, 1.165) is 40.8 Å². The van der Waals surface area contributed by atoms with Crippen molar-refractivity contribution in [3.63, 3.8) is 0 Å². The Hall–Kier alpha value is -3.54. The van der Waals surface area contributed by atoms with Crippen molar-refractivity contribution in [2.75, 3.05) is 56.3 Å². The molecule has 0 saturated carbocycles. The van der Waals surface area contributed by atoms with Crippen molar-refractivity contribution in [2.24, 2.45) is 0 Å². The van der Waals surface area contributed by atoms with Crippen LogP contribution in [0, 0.1) is 5.82 Å². The molecule has 0 bridgehead atoms. The van der Waals surface area contributed by atoms with Crippen LogP contribution in [0.5, 0.6) is 11.5 Å². The van der Waals surface area contributed by atoms with Gasteiger partial charge in [0.2, 0.25) is 5.91 Å². The Bertz CT molecular complexity index is 1420. The third-order valence-corrected chi connectivity index (χ3v) is 8.28. The van der Waals surface area contributed by atoms with Crippen molar-refractivity contribution in [3.05, 3.63) is 77.1 Å². The molecule has 208 valence electrons. The number of ether oxygens (including phenoxy) is 3. The lowest BCUT2D eigenvalue weighted by molar-refractivity contribution is -0.119. The highest BCUT2D eigenvalue weighted by Crippen LogP contribution is 2.33. The highest BCUT2D eigenvalue weighted by molar-refractivity contribution is 7.92. The molecule has 12 heteroatoms. The zero-order valence-electron chi connectivity index (χ0n) is 21.5. The van der Waals surface area contributed by atoms with Crippen LogP contribution in [0.15, 0.2) is 65.6 Å². The lowest BCUT2D eigenvalue weighted by atomic mass is 10.2. The minimum absolute atomic E-state index is 0.0289. The third-order valence-electron chi connectivity index (χ3n) is 6.22.